The molecule has 21 heavy (non-hydrogen) atoms. The van der Waals surface area contributed by atoms with E-state index in [-0.39, 0.29) is 11.3 Å². The molecule has 0 saturated heterocycles. The van der Waals surface area contributed by atoms with Crippen LogP contribution in [0.3, 0.4) is 0 Å². The van der Waals surface area contributed by atoms with E-state index in [0.717, 1.165) is 18.2 Å². The van der Waals surface area contributed by atoms with E-state index in [4.69, 9.17) is 5.84 Å². The normalized spacial score (nSPS) is 11.3. The summed E-state index contributed by atoms with van der Waals surface area (Å²) >= 11 is 0. The molecule has 11 heteroatoms. The second-order valence-corrected chi connectivity index (χ2v) is 3.88. The molecule has 1 aromatic carbocycles. The molecule has 0 aliphatic heterocycles. The Labute approximate surface area is 115 Å². The number of nitro groups is 1. The minimum atomic E-state index is -4.37. The van der Waals surface area contributed by atoms with Crippen LogP contribution in [0.25, 0.3) is 0 Å². The van der Waals surface area contributed by atoms with Crippen LogP contribution in [0.2, 0.25) is 0 Å². The molecule has 0 aliphatic carbocycles. The van der Waals surface area contributed by atoms with Crippen molar-refractivity contribution in [1.82, 2.24) is 5.32 Å². The molecule has 0 aliphatic rings. The fourth-order valence-electron chi connectivity index (χ4n) is 1.33. The predicted molar refractivity (Wildman–Crippen MR) is 64.2 cm³/mol. The van der Waals surface area contributed by atoms with Crippen molar-refractivity contribution in [2.24, 2.45) is 5.84 Å². The van der Waals surface area contributed by atoms with Crippen molar-refractivity contribution in [2.45, 2.75) is 12.3 Å². The summed E-state index contributed by atoms with van der Waals surface area (Å²) in [4.78, 5) is 21.4. The first kappa shape index (κ1) is 16.6. The molecular formula is C10H10F4N4O3. The zero-order valence-corrected chi connectivity index (χ0v) is 10.3. The van der Waals surface area contributed by atoms with Crippen LogP contribution >= 0.6 is 0 Å². The molecule has 4 N–H and O–H groups in total. The number of hydrogen-bond acceptors (Lipinski definition) is 5. The fraction of sp³-hybridized carbons (Fsp3) is 0.300. The molecule has 0 heterocycles. The largest absolute Gasteiger partial charge is 0.346 e. The van der Waals surface area contributed by atoms with Crippen LogP contribution in [-0.4, -0.2) is 29.7 Å². The van der Waals surface area contributed by atoms with Gasteiger partial charge in [-0.25, -0.2) is 8.78 Å². The van der Waals surface area contributed by atoms with Gasteiger partial charge in [-0.3, -0.25) is 20.8 Å². The molecule has 0 saturated carbocycles. The highest BCUT2D eigenvalue weighted by atomic mass is 19.3. The maximum Gasteiger partial charge on any atom is 0.324 e. The molecule has 7 nitrogen and oxygen atoms in total. The first-order valence-corrected chi connectivity index (χ1v) is 5.38. The number of nitrogens with one attached hydrogen (secondary N) is 2. The van der Waals surface area contributed by atoms with Crippen LogP contribution in [0.5, 0.6) is 0 Å². The Morgan fingerprint density at radius 3 is 2.52 bits per heavy atom. The molecule has 0 atom stereocenters. The number of carbonyl (C=O) groups is 1. The predicted octanol–water partition coefficient (Wildman–Crippen LogP) is 1.51. The Hall–Kier alpha value is -2.43. The van der Waals surface area contributed by atoms with Gasteiger partial charge in [0.25, 0.3) is 11.6 Å². The summed E-state index contributed by atoms with van der Waals surface area (Å²) in [5.41, 5.74) is 1.06. The molecule has 1 amide bonds. The molecule has 0 fully saturated rings. The minimum Gasteiger partial charge on any atom is -0.346 e. The number of amides is 1. The molecule has 0 spiro atoms. The molecule has 0 radical (unpaired) electrons. The Morgan fingerprint density at radius 2 is 2.05 bits per heavy atom. The van der Waals surface area contributed by atoms with Gasteiger partial charge in [0, 0.05) is 11.6 Å². The summed E-state index contributed by atoms with van der Waals surface area (Å²) in [6.45, 7) is -1.56. The highest BCUT2D eigenvalue weighted by Crippen LogP contribution is 2.25. The molecule has 1 rings (SSSR count). The van der Waals surface area contributed by atoms with Crippen molar-refractivity contribution >= 4 is 17.3 Å². The second kappa shape index (κ2) is 6.35. The van der Waals surface area contributed by atoms with E-state index in [1.54, 1.807) is 5.32 Å². The van der Waals surface area contributed by atoms with Crippen LogP contribution < -0.4 is 16.6 Å². The highest BCUT2D eigenvalue weighted by Gasteiger charge is 2.40. The number of nitrogen functional groups attached to an aromatic ring is 1. The third kappa shape index (κ3) is 4.02. The number of hydrazine groups is 1. The number of anilines is 1. The summed E-state index contributed by atoms with van der Waals surface area (Å²) in [5, 5.41) is 12.2. The average Bonchev–Trinajstić information content (AvgIpc) is 2.43. The summed E-state index contributed by atoms with van der Waals surface area (Å²) in [5.74, 6) is -0.430. The van der Waals surface area contributed by atoms with Crippen LogP contribution in [0.4, 0.5) is 28.9 Å². The van der Waals surface area contributed by atoms with Gasteiger partial charge in [0.15, 0.2) is 0 Å². The van der Waals surface area contributed by atoms with Crippen molar-refractivity contribution in [3.05, 3.63) is 33.9 Å². The minimum absolute atomic E-state index is 0.228. The van der Waals surface area contributed by atoms with E-state index in [1.165, 1.54) is 0 Å². The Balaban J connectivity index is 2.87. The van der Waals surface area contributed by atoms with E-state index in [0.29, 0.717) is 0 Å². The van der Waals surface area contributed by atoms with Crippen molar-refractivity contribution in [1.29, 1.82) is 0 Å². The number of alkyl halides is 4. The molecule has 1 aromatic rings. The van der Waals surface area contributed by atoms with Crippen LogP contribution in [0.15, 0.2) is 18.2 Å². The Morgan fingerprint density at radius 1 is 1.43 bits per heavy atom. The first-order valence-electron chi connectivity index (χ1n) is 5.38. The number of benzene rings is 1. The summed E-state index contributed by atoms with van der Waals surface area (Å²) in [6, 6.07) is 2.85. The Kier molecular flexibility index (Phi) is 5.02. The molecule has 0 aromatic heterocycles. The monoisotopic (exact) mass is 310 g/mol. The number of hydrogen-bond donors (Lipinski definition) is 3. The maximum absolute atomic E-state index is 12.7. The lowest BCUT2D eigenvalue weighted by atomic mass is 10.1. The quantitative estimate of drug-likeness (QED) is 0.319. The van der Waals surface area contributed by atoms with Gasteiger partial charge in [-0.15, -0.1) is 0 Å². The van der Waals surface area contributed by atoms with Crippen molar-refractivity contribution < 1.29 is 27.3 Å². The van der Waals surface area contributed by atoms with Crippen molar-refractivity contribution in [2.75, 3.05) is 12.0 Å². The number of carbonyl (C=O) groups excluding carboxylic acids is 1. The van der Waals surface area contributed by atoms with E-state index < -0.39 is 35.4 Å². The number of halogens is 4. The topological polar surface area (TPSA) is 110 Å². The molecule has 0 unspecified atom stereocenters. The summed E-state index contributed by atoms with van der Waals surface area (Å²) < 4.78 is 49.1. The van der Waals surface area contributed by atoms with Gasteiger partial charge in [-0.1, -0.05) is 0 Å². The van der Waals surface area contributed by atoms with Gasteiger partial charge in [0.1, 0.15) is 5.69 Å². The van der Waals surface area contributed by atoms with Crippen molar-refractivity contribution in [3.63, 3.8) is 0 Å². The molecule has 0 bridgehead atoms. The number of nitro benzene ring substituents is 1. The van der Waals surface area contributed by atoms with E-state index >= 15 is 0 Å². The lowest BCUT2D eigenvalue weighted by Crippen LogP contribution is -2.41. The van der Waals surface area contributed by atoms with Gasteiger partial charge in [0.05, 0.1) is 11.5 Å². The van der Waals surface area contributed by atoms with Gasteiger partial charge in [-0.05, 0) is 12.1 Å². The third-order valence-corrected chi connectivity index (χ3v) is 2.41. The van der Waals surface area contributed by atoms with E-state index in [2.05, 4.69) is 0 Å². The number of rotatable bonds is 6. The SMILES string of the molecule is NNc1cc(C(=O)NCC(F)(F)C(F)F)ccc1[N+](=O)[O-]. The summed E-state index contributed by atoms with van der Waals surface area (Å²) in [7, 11) is 0. The van der Waals surface area contributed by atoms with E-state index in [9.17, 15) is 32.5 Å². The summed E-state index contributed by atoms with van der Waals surface area (Å²) in [6.07, 6.45) is -3.92. The zero-order valence-electron chi connectivity index (χ0n) is 10.3. The van der Waals surface area contributed by atoms with Crippen molar-refractivity contribution in [3.8, 4) is 0 Å². The third-order valence-electron chi connectivity index (χ3n) is 2.41. The highest BCUT2D eigenvalue weighted by molar-refractivity contribution is 5.95. The first-order chi connectivity index (χ1) is 9.69. The van der Waals surface area contributed by atoms with Gasteiger partial charge in [-0.2, -0.15) is 8.78 Å². The van der Waals surface area contributed by atoms with Gasteiger partial charge in [0.2, 0.25) is 0 Å². The van der Waals surface area contributed by atoms with Crippen LogP contribution in [0, 0.1) is 10.1 Å². The average molecular weight is 310 g/mol. The Bertz CT molecular complexity index is 553. The van der Waals surface area contributed by atoms with Gasteiger partial charge < -0.3 is 10.7 Å². The van der Waals surface area contributed by atoms with Crippen LogP contribution in [-0.2, 0) is 0 Å². The molecule has 116 valence electrons. The lowest BCUT2D eigenvalue weighted by Gasteiger charge is -2.15. The molecular weight excluding hydrogens is 300 g/mol. The van der Waals surface area contributed by atoms with Gasteiger partial charge >= 0.3 is 12.3 Å². The fourth-order valence-corrected chi connectivity index (χ4v) is 1.33. The second-order valence-electron chi connectivity index (χ2n) is 3.88. The maximum atomic E-state index is 12.7. The number of nitrogens with two attached hydrogens (primary N) is 1. The zero-order chi connectivity index (χ0) is 16.2. The number of nitrogens with zero attached hydrogens (tertiary/aromatic N) is 1. The lowest BCUT2D eigenvalue weighted by molar-refractivity contribution is -0.384. The smallest absolute Gasteiger partial charge is 0.324 e. The van der Waals surface area contributed by atoms with Crippen LogP contribution in [0.1, 0.15) is 10.4 Å². The van der Waals surface area contributed by atoms with E-state index in [1.807, 2.05) is 5.43 Å². The standard InChI is InChI=1S/C10H10F4N4O3/c11-9(12)10(13,14)4-16-8(19)5-1-2-7(18(20)21)6(3-5)17-15/h1-3,9,17H,4,15H2,(H,16,19).